The van der Waals surface area contributed by atoms with Crippen LogP contribution < -0.4 is 5.32 Å². The molecule has 3 aromatic heterocycles. The molecule has 1 aromatic carbocycles. The van der Waals surface area contributed by atoms with Gasteiger partial charge in [0.1, 0.15) is 12.1 Å². The van der Waals surface area contributed by atoms with Crippen molar-refractivity contribution in [2.24, 2.45) is 7.05 Å². The van der Waals surface area contributed by atoms with Crippen molar-refractivity contribution >= 4 is 33.3 Å². The van der Waals surface area contributed by atoms with Crippen molar-refractivity contribution in [3.63, 3.8) is 0 Å². The maximum atomic E-state index is 12.5. The Morgan fingerprint density at radius 3 is 2.59 bits per heavy atom. The zero-order valence-corrected chi connectivity index (χ0v) is 17.7. The van der Waals surface area contributed by atoms with Gasteiger partial charge in [0.25, 0.3) is 0 Å². The molecule has 0 aliphatic heterocycles. The van der Waals surface area contributed by atoms with E-state index in [-0.39, 0.29) is 11.3 Å². The van der Waals surface area contributed by atoms with Crippen molar-refractivity contribution in [2.75, 3.05) is 5.32 Å². The molecule has 0 bridgehead atoms. The summed E-state index contributed by atoms with van der Waals surface area (Å²) < 4.78 is 2.78. The van der Waals surface area contributed by atoms with Gasteiger partial charge in [0.05, 0.1) is 28.0 Å². The molecule has 0 fully saturated rings. The molecular formula is C22H23N5OS. The van der Waals surface area contributed by atoms with E-state index in [2.05, 4.69) is 41.2 Å². The van der Waals surface area contributed by atoms with Crippen LogP contribution in [0.5, 0.6) is 0 Å². The number of hydrogen-bond donors (Lipinski definition) is 1. The predicted molar refractivity (Wildman–Crippen MR) is 117 cm³/mol. The maximum Gasteiger partial charge on any atom is 0.229 e. The number of carbonyl (C=O) groups is 1. The summed E-state index contributed by atoms with van der Waals surface area (Å²) in [6.07, 6.45) is 1.89. The lowest BCUT2D eigenvalue weighted by atomic mass is 9.92. The smallest absolute Gasteiger partial charge is 0.229 e. The van der Waals surface area contributed by atoms with Gasteiger partial charge < -0.3 is 5.32 Å². The molecule has 0 unspecified atom stereocenters. The number of benzene rings is 1. The summed E-state index contributed by atoms with van der Waals surface area (Å²) in [6.45, 7) is 6.30. The first kappa shape index (κ1) is 19.3. The molecule has 0 saturated heterocycles. The Kier molecular flexibility index (Phi) is 4.92. The van der Waals surface area contributed by atoms with Crippen molar-refractivity contribution in [2.45, 2.75) is 32.6 Å². The number of thiophene rings is 1. The Hall–Kier alpha value is -3.06. The average molecular weight is 406 g/mol. The van der Waals surface area contributed by atoms with Gasteiger partial charge in [-0.15, -0.1) is 11.3 Å². The second kappa shape index (κ2) is 7.40. The molecule has 0 aliphatic carbocycles. The first-order chi connectivity index (χ1) is 13.8. The monoisotopic (exact) mass is 405 g/mol. The van der Waals surface area contributed by atoms with E-state index in [0.717, 1.165) is 32.7 Å². The van der Waals surface area contributed by atoms with E-state index in [4.69, 9.17) is 0 Å². The van der Waals surface area contributed by atoms with Gasteiger partial charge in [0.2, 0.25) is 5.91 Å². The van der Waals surface area contributed by atoms with Crippen LogP contribution in [0.25, 0.3) is 21.5 Å². The third-order valence-corrected chi connectivity index (χ3v) is 5.66. The van der Waals surface area contributed by atoms with Gasteiger partial charge >= 0.3 is 0 Å². The summed E-state index contributed by atoms with van der Waals surface area (Å²) in [7, 11) is 1.84. The molecule has 0 spiro atoms. The number of nitrogens with one attached hydrogen (secondary N) is 1. The fourth-order valence-electron chi connectivity index (χ4n) is 3.10. The van der Waals surface area contributed by atoms with Crippen LogP contribution in [0.1, 0.15) is 32.0 Å². The molecule has 0 saturated carbocycles. The van der Waals surface area contributed by atoms with E-state index in [1.165, 1.54) is 0 Å². The van der Waals surface area contributed by atoms with Gasteiger partial charge in [-0.05, 0) is 17.0 Å². The van der Waals surface area contributed by atoms with Crippen LogP contribution in [0.2, 0.25) is 0 Å². The van der Waals surface area contributed by atoms with Crippen molar-refractivity contribution in [3.8, 4) is 11.3 Å². The molecule has 29 heavy (non-hydrogen) atoms. The highest BCUT2D eigenvalue weighted by molar-refractivity contribution is 7.17. The number of aryl methyl sites for hydroxylation is 1. The van der Waals surface area contributed by atoms with Gasteiger partial charge in [0, 0.05) is 24.1 Å². The number of amides is 1. The van der Waals surface area contributed by atoms with Crippen LogP contribution in [0, 0.1) is 0 Å². The minimum absolute atomic E-state index is 0.0639. The summed E-state index contributed by atoms with van der Waals surface area (Å²) in [5, 5.41) is 9.48. The van der Waals surface area contributed by atoms with E-state index in [9.17, 15) is 4.79 Å². The van der Waals surface area contributed by atoms with E-state index in [0.29, 0.717) is 12.2 Å². The Labute approximate surface area is 173 Å². The van der Waals surface area contributed by atoms with Crippen LogP contribution in [-0.4, -0.2) is 25.7 Å². The lowest BCUT2D eigenvalue weighted by molar-refractivity contribution is -0.115. The third kappa shape index (κ3) is 4.05. The zero-order valence-electron chi connectivity index (χ0n) is 16.9. The van der Waals surface area contributed by atoms with Crippen molar-refractivity contribution in [1.29, 1.82) is 0 Å². The molecule has 4 rings (SSSR count). The highest BCUT2D eigenvalue weighted by atomic mass is 32.1. The van der Waals surface area contributed by atoms with E-state index in [1.54, 1.807) is 22.3 Å². The molecule has 4 aromatic rings. The van der Waals surface area contributed by atoms with Crippen molar-refractivity contribution < 1.29 is 4.79 Å². The fraction of sp³-hybridized carbons (Fsp3) is 0.273. The lowest BCUT2D eigenvalue weighted by Gasteiger charge is -2.13. The predicted octanol–water partition coefficient (Wildman–Crippen LogP) is 4.57. The minimum Gasteiger partial charge on any atom is -0.311 e. The Balaban J connectivity index is 1.47. The largest absolute Gasteiger partial charge is 0.311 e. The molecule has 0 radical (unpaired) electrons. The highest BCUT2D eigenvalue weighted by Crippen LogP contribution is 2.29. The molecule has 0 atom stereocenters. The number of aromatic nitrogens is 4. The van der Waals surface area contributed by atoms with Crippen LogP contribution in [0.15, 0.2) is 48.1 Å². The van der Waals surface area contributed by atoms with Gasteiger partial charge in [-0.1, -0.05) is 45.0 Å². The number of fused-ring (bicyclic) bond motifs is 1. The molecule has 1 amide bonds. The number of anilines is 1. The Bertz CT molecular complexity index is 1170. The number of nitrogens with zero attached hydrogens (tertiary/aromatic N) is 4. The Morgan fingerprint density at radius 1 is 1.14 bits per heavy atom. The number of carbonyl (C=O) groups excluding carboxylic acids is 1. The molecular weight excluding hydrogens is 382 g/mol. The third-order valence-electron chi connectivity index (χ3n) is 4.75. The maximum absolute atomic E-state index is 12.5. The highest BCUT2D eigenvalue weighted by Gasteiger charge is 2.19. The van der Waals surface area contributed by atoms with Crippen LogP contribution in [0.3, 0.4) is 0 Å². The molecule has 6 nitrogen and oxygen atoms in total. The van der Waals surface area contributed by atoms with Gasteiger partial charge in [-0.3, -0.25) is 9.48 Å². The van der Waals surface area contributed by atoms with Gasteiger partial charge in [-0.25, -0.2) is 9.97 Å². The summed E-state index contributed by atoms with van der Waals surface area (Å²) in [5.41, 5.74) is 4.72. The number of rotatable bonds is 4. The molecule has 148 valence electrons. The standard InChI is InChI=1S/C22H23N5OS/c1-22(2,3)17-12-18(27(4)26-17)25-19(28)11-14-5-7-15(8-6-14)20-21-16(9-10-29-21)23-13-24-20/h5-10,12-13H,11H2,1-4H3,(H,25,28). The summed E-state index contributed by atoms with van der Waals surface area (Å²) in [5.74, 6) is 0.640. The summed E-state index contributed by atoms with van der Waals surface area (Å²) in [4.78, 5) is 21.2. The average Bonchev–Trinajstić information content (AvgIpc) is 3.29. The van der Waals surface area contributed by atoms with Gasteiger partial charge in [-0.2, -0.15) is 5.10 Å². The Morgan fingerprint density at radius 2 is 1.90 bits per heavy atom. The van der Waals surface area contributed by atoms with Crippen molar-refractivity contribution in [3.05, 3.63) is 59.4 Å². The van der Waals surface area contributed by atoms with E-state index >= 15 is 0 Å². The topological polar surface area (TPSA) is 72.7 Å². The second-order valence-electron chi connectivity index (χ2n) is 8.07. The summed E-state index contributed by atoms with van der Waals surface area (Å²) >= 11 is 1.63. The normalized spacial score (nSPS) is 11.7. The van der Waals surface area contributed by atoms with Gasteiger partial charge in [0.15, 0.2) is 0 Å². The second-order valence-corrected chi connectivity index (χ2v) is 8.98. The minimum atomic E-state index is -0.0658. The summed E-state index contributed by atoms with van der Waals surface area (Å²) in [6, 6.07) is 11.9. The van der Waals surface area contributed by atoms with E-state index in [1.807, 2.05) is 48.8 Å². The SMILES string of the molecule is Cn1nc(C(C)(C)C)cc1NC(=O)Cc1ccc(-c2ncnc3ccsc23)cc1. The fourth-order valence-corrected chi connectivity index (χ4v) is 3.95. The first-order valence-electron chi connectivity index (χ1n) is 9.43. The lowest BCUT2D eigenvalue weighted by Crippen LogP contribution is -2.16. The quantitative estimate of drug-likeness (QED) is 0.540. The first-order valence-corrected chi connectivity index (χ1v) is 10.3. The number of hydrogen-bond acceptors (Lipinski definition) is 5. The van der Waals surface area contributed by atoms with E-state index < -0.39 is 0 Å². The van der Waals surface area contributed by atoms with Crippen molar-refractivity contribution in [1.82, 2.24) is 19.7 Å². The molecule has 7 heteroatoms. The van der Waals surface area contributed by atoms with Crippen LogP contribution in [0.4, 0.5) is 5.82 Å². The van der Waals surface area contributed by atoms with Crippen LogP contribution in [-0.2, 0) is 23.7 Å². The zero-order chi connectivity index (χ0) is 20.6. The molecule has 3 heterocycles. The molecule has 0 aliphatic rings. The van der Waals surface area contributed by atoms with Crippen LogP contribution >= 0.6 is 11.3 Å². The molecule has 1 N–H and O–H groups in total.